The number of rotatable bonds is 4. The van der Waals surface area contributed by atoms with E-state index in [9.17, 15) is 13.2 Å². The van der Waals surface area contributed by atoms with Crippen LogP contribution in [0, 0.1) is 11.3 Å². The van der Waals surface area contributed by atoms with Gasteiger partial charge < -0.3 is 4.74 Å². The Morgan fingerprint density at radius 2 is 1.91 bits per heavy atom. The first-order valence-electron chi connectivity index (χ1n) is 6.26. The van der Waals surface area contributed by atoms with Crippen LogP contribution in [-0.2, 0) is 0 Å². The number of nitrogens with zero attached hydrogens (tertiary/aromatic N) is 2. The Labute approximate surface area is 129 Å². The maximum Gasteiger partial charge on any atom is 0.573 e. The molecule has 0 saturated carbocycles. The summed E-state index contributed by atoms with van der Waals surface area (Å²) in [5.41, 5.74) is 1.28. The summed E-state index contributed by atoms with van der Waals surface area (Å²) in [4.78, 5) is 4.15. The summed E-state index contributed by atoms with van der Waals surface area (Å²) in [6.07, 6.45) is -3.10. The number of ether oxygens (including phenoxy) is 1. The first-order chi connectivity index (χ1) is 10.4. The smallest absolute Gasteiger partial charge is 0.406 e. The third-order valence-corrected chi connectivity index (χ3v) is 3.94. The largest absolute Gasteiger partial charge is 0.573 e. The van der Waals surface area contributed by atoms with Crippen molar-refractivity contribution in [3.05, 3.63) is 53.7 Å². The van der Waals surface area contributed by atoms with Crippen molar-refractivity contribution in [2.24, 2.45) is 0 Å². The van der Waals surface area contributed by atoms with Crippen molar-refractivity contribution in [3.8, 4) is 11.8 Å². The Morgan fingerprint density at radius 3 is 2.50 bits per heavy atom. The van der Waals surface area contributed by atoms with Crippen molar-refractivity contribution in [1.82, 2.24) is 4.98 Å². The van der Waals surface area contributed by atoms with E-state index in [0.717, 1.165) is 5.56 Å². The lowest BCUT2D eigenvalue weighted by atomic mass is 10.1. The lowest BCUT2D eigenvalue weighted by molar-refractivity contribution is -0.274. The number of nitriles is 1. The predicted octanol–water partition coefficient (Wildman–Crippen LogP) is 4.71. The Balaban J connectivity index is 2.10. The summed E-state index contributed by atoms with van der Waals surface area (Å²) in [6, 6.07) is 11.1. The van der Waals surface area contributed by atoms with Crippen LogP contribution in [0.3, 0.4) is 0 Å². The van der Waals surface area contributed by atoms with Gasteiger partial charge in [0.2, 0.25) is 0 Å². The second-order valence-corrected chi connectivity index (χ2v) is 5.67. The fourth-order valence-electron chi connectivity index (χ4n) is 1.75. The van der Waals surface area contributed by atoms with Gasteiger partial charge in [0.25, 0.3) is 0 Å². The molecular weight excluding hydrogens is 313 g/mol. The Bertz CT molecular complexity index is 680. The number of thioether (sulfide) groups is 1. The maximum absolute atomic E-state index is 12.1. The van der Waals surface area contributed by atoms with Gasteiger partial charge in [-0.25, -0.2) is 4.98 Å². The highest BCUT2D eigenvalue weighted by molar-refractivity contribution is 7.99. The van der Waals surface area contributed by atoms with Gasteiger partial charge in [0.15, 0.2) is 0 Å². The minimum atomic E-state index is -4.70. The molecule has 0 amide bonds. The Kier molecular flexibility index (Phi) is 4.93. The lowest BCUT2D eigenvalue weighted by Crippen LogP contribution is -2.17. The lowest BCUT2D eigenvalue weighted by Gasteiger charge is -2.13. The van der Waals surface area contributed by atoms with Gasteiger partial charge in [-0.3, -0.25) is 0 Å². The van der Waals surface area contributed by atoms with Gasteiger partial charge in [-0.2, -0.15) is 5.26 Å². The highest BCUT2D eigenvalue weighted by Crippen LogP contribution is 2.36. The molecule has 0 bridgehead atoms. The number of hydrogen-bond acceptors (Lipinski definition) is 4. The predicted molar refractivity (Wildman–Crippen MR) is 76.3 cm³/mol. The summed E-state index contributed by atoms with van der Waals surface area (Å²) in [5.74, 6) is -0.260. The molecule has 0 N–H and O–H groups in total. The van der Waals surface area contributed by atoms with Crippen LogP contribution in [-0.4, -0.2) is 11.3 Å². The minimum absolute atomic E-state index is 0.0677. The molecule has 0 fully saturated rings. The summed E-state index contributed by atoms with van der Waals surface area (Å²) in [5, 5.41) is 9.54. The van der Waals surface area contributed by atoms with Crippen LogP contribution in [0.4, 0.5) is 13.2 Å². The molecule has 2 rings (SSSR count). The molecule has 2 aromatic rings. The number of pyridine rings is 1. The van der Waals surface area contributed by atoms with E-state index in [1.807, 2.05) is 6.92 Å². The third-order valence-electron chi connectivity index (χ3n) is 2.76. The summed E-state index contributed by atoms with van der Waals surface area (Å²) in [6.45, 7) is 1.89. The average Bonchev–Trinajstić information content (AvgIpc) is 2.47. The van der Waals surface area contributed by atoms with Gasteiger partial charge in [0, 0.05) is 11.4 Å². The highest BCUT2D eigenvalue weighted by Gasteiger charge is 2.31. The highest BCUT2D eigenvalue weighted by atomic mass is 32.2. The molecule has 0 spiro atoms. The normalized spacial score (nSPS) is 12.5. The molecule has 7 heteroatoms. The van der Waals surface area contributed by atoms with Crippen LogP contribution in [0.2, 0.25) is 0 Å². The van der Waals surface area contributed by atoms with E-state index in [0.29, 0.717) is 10.6 Å². The number of halogens is 3. The van der Waals surface area contributed by atoms with E-state index in [-0.39, 0.29) is 11.0 Å². The Morgan fingerprint density at radius 1 is 1.23 bits per heavy atom. The topological polar surface area (TPSA) is 45.9 Å². The van der Waals surface area contributed by atoms with E-state index >= 15 is 0 Å². The SMILES string of the molecule is CC(Sc1ncccc1C#N)c1ccc(OC(F)(F)F)cc1. The van der Waals surface area contributed by atoms with Crippen molar-refractivity contribution in [2.75, 3.05) is 0 Å². The average molecular weight is 324 g/mol. The van der Waals surface area contributed by atoms with Crippen LogP contribution in [0.1, 0.15) is 23.3 Å². The summed E-state index contributed by atoms with van der Waals surface area (Å²) in [7, 11) is 0. The van der Waals surface area contributed by atoms with Crippen molar-refractivity contribution in [3.63, 3.8) is 0 Å². The molecule has 0 aliphatic heterocycles. The van der Waals surface area contributed by atoms with E-state index in [1.165, 1.54) is 23.9 Å². The molecule has 3 nitrogen and oxygen atoms in total. The van der Waals surface area contributed by atoms with Gasteiger partial charge in [-0.05, 0) is 36.8 Å². The molecule has 1 unspecified atom stereocenters. The van der Waals surface area contributed by atoms with Gasteiger partial charge in [-0.1, -0.05) is 23.9 Å². The van der Waals surface area contributed by atoms with Crippen molar-refractivity contribution in [1.29, 1.82) is 5.26 Å². The molecular formula is C15H11F3N2OS. The molecule has 0 saturated heterocycles. The monoisotopic (exact) mass is 324 g/mol. The number of alkyl halides is 3. The Hall–Kier alpha value is -2.20. The van der Waals surface area contributed by atoms with Crippen LogP contribution >= 0.6 is 11.8 Å². The second kappa shape index (κ2) is 6.71. The van der Waals surface area contributed by atoms with Gasteiger partial charge in [-0.15, -0.1) is 13.2 Å². The molecule has 1 heterocycles. The van der Waals surface area contributed by atoms with Crippen LogP contribution < -0.4 is 4.74 Å². The molecule has 1 aromatic carbocycles. The first kappa shape index (κ1) is 16.2. The zero-order chi connectivity index (χ0) is 16.2. The van der Waals surface area contributed by atoms with Gasteiger partial charge in [0.1, 0.15) is 16.8 Å². The summed E-state index contributed by atoms with van der Waals surface area (Å²) >= 11 is 1.37. The molecule has 0 radical (unpaired) electrons. The third kappa shape index (κ3) is 4.40. The zero-order valence-electron chi connectivity index (χ0n) is 11.5. The van der Waals surface area contributed by atoms with E-state index < -0.39 is 6.36 Å². The quantitative estimate of drug-likeness (QED) is 0.764. The molecule has 0 aliphatic carbocycles. The van der Waals surface area contributed by atoms with Gasteiger partial charge in [0.05, 0.1) is 5.56 Å². The van der Waals surface area contributed by atoms with Crippen molar-refractivity contribution >= 4 is 11.8 Å². The fourth-order valence-corrected chi connectivity index (χ4v) is 2.74. The fraction of sp³-hybridized carbons (Fsp3) is 0.200. The van der Waals surface area contributed by atoms with E-state index in [2.05, 4.69) is 15.8 Å². The second-order valence-electron chi connectivity index (χ2n) is 4.34. The van der Waals surface area contributed by atoms with Gasteiger partial charge >= 0.3 is 6.36 Å². The first-order valence-corrected chi connectivity index (χ1v) is 7.14. The molecule has 0 aliphatic rings. The molecule has 22 heavy (non-hydrogen) atoms. The van der Waals surface area contributed by atoms with Crippen LogP contribution in [0.25, 0.3) is 0 Å². The van der Waals surface area contributed by atoms with Crippen molar-refractivity contribution < 1.29 is 17.9 Å². The number of aromatic nitrogens is 1. The number of hydrogen-bond donors (Lipinski definition) is 0. The zero-order valence-corrected chi connectivity index (χ0v) is 12.3. The van der Waals surface area contributed by atoms with Crippen LogP contribution in [0.15, 0.2) is 47.6 Å². The maximum atomic E-state index is 12.1. The molecule has 1 atom stereocenters. The molecule has 114 valence electrons. The van der Waals surface area contributed by atoms with Crippen LogP contribution in [0.5, 0.6) is 5.75 Å². The van der Waals surface area contributed by atoms with E-state index in [4.69, 9.17) is 5.26 Å². The summed E-state index contributed by atoms with van der Waals surface area (Å²) < 4.78 is 40.1. The van der Waals surface area contributed by atoms with Crippen molar-refractivity contribution in [2.45, 2.75) is 23.6 Å². The standard InChI is InChI=1S/C15H11F3N2OS/c1-10(22-14-12(9-19)3-2-8-20-14)11-4-6-13(7-5-11)21-15(16,17)18/h2-8,10H,1H3. The van der Waals surface area contributed by atoms with E-state index in [1.54, 1.807) is 30.5 Å². The minimum Gasteiger partial charge on any atom is -0.406 e. The molecule has 1 aromatic heterocycles. The number of benzene rings is 1.